The molecule has 0 saturated heterocycles. The van der Waals surface area contributed by atoms with Gasteiger partial charge in [0, 0.05) is 6.42 Å². The zero-order valence-corrected chi connectivity index (χ0v) is 49.6. The predicted molar refractivity (Wildman–Crippen MR) is 319 cm³/mol. The van der Waals surface area contributed by atoms with E-state index in [0.29, 0.717) is 13.0 Å². The smallest absolute Gasteiger partial charge is 0.305 e. The van der Waals surface area contributed by atoms with Crippen LogP contribution in [0.2, 0.25) is 0 Å². The number of ether oxygens (including phenoxy) is 1. The van der Waals surface area contributed by atoms with Gasteiger partial charge in [-0.15, -0.1) is 0 Å². The molecule has 71 heavy (non-hydrogen) atoms. The first-order chi connectivity index (χ1) is 35.2. The molecule has 0 spiro atoms. The van der Waals surface area contributed by atoms with Gasteiger partial charge >= 0.3 is 5.97 Å². The average molecular weight is 1000 g/mol. The number of aliphatic hydroxyl groups excluding tert-OH is 1. The molecule has 1 unspecified atom stereocenters. The Labute approximate surface area is 449 Å². The second-order valence-electron chi connectivity index (χ2n) is 23.7. The van der Waals surface area contributed by atoms with Crippen molar-refractivity contribution in [3.63, 3.8) is 0 Å². The second kappa shape index (κ2) is 65.5. The maximum absolute atomic E-state index is 12.1. The van der Waals surface area contributed by atoms with Crippen molar-refractivity contribution in [1.82, 2.24) is 0 Å². The van der Waals surface area contributed by atoms with Crippen LogP contribution in [0.1, 0.15) is 418 Å². The van der Waals surface area contributed by atoms with E-state index in [-0.39, 0.29) is 12.1 Å². The third-order valence-corrected chi connectivity index (χ3v) is 16.3. The zero-order chi connectivity index (χ0) is 51.1. The third kappa shape index (κ3) is 65.5. The van der Waals surface area contributed by atoms with Crippen molar-refractivity contribution in [2.45, 2.75) is 424 Å². The minimum Gasteiger partial charge on any atom is -0.466 e. The molecule has 0 aliphatic carbocycles. The van der Waals surface area contributed by atoms with Crippen LogP contribution in [-0.4, -0.2) is 23.8 Å². The Bertz CT molecular complexity index is 933. The maximum Gasteiger partial charge on any atom is 0.305 e. The molecule has 3 heteroatoms. The van der Waals surface area contributed by atoms with E-state index in [9.17, 15) is 9.90 Å². The highest BCUT2D eigenvalue weighted by Crippen LogP contribution is 2.20. The van der Waals surface area contributed by atoms with Crippen LogP contribution in [0.25, 0.3) is 0 Å². The molecule has 0 aromatic heterocycles. The molecular weight excluding hydrogens is 865 g/mol. The van der Waals surface area contributed by atoms with E-state index < -0.39 is 0 Å². The van der Waals surface area contributed by atoms with E-state index in [2.05, 4.69) is 13.8 Å². The molecule has 1 N–H and O–H groups in total. The number of carbonyl (C=O) groups excluding carboxylic acids is 1. The highest BCUT2D eigenvalue weighted by atomic mass is 16.5. The molecule has 0 heterocycles. The molecule has 0 saturated carbocycles. The summed E-state index contributed by atoms with van der Waals surface area (Å²) in [5.74, 6) is 0.00992. The van der Waals surface area contributed by atoms with Crippen molar-refractivity contribution in [2.75, 3.05) is 6.61 Å². The topological polar surface area (TPSA) is 46.5 Å². The quantitative estimate of drug-likeness (QED) is 0.0488. The molecular formula is C68H136O3. The Hall–Kier alpha value is -0.570. The van der Waals surface area contributed by atoms with E-state index in [0.717, 1.165) is 32.1 Å². The highest BCUT2D eigenvalue weighted by Gasteiger charge is 2.06. The summed E-state index contributed by atoms with van der Waals surface area (Å²) in [6, 6.07) is 0. The minimum atomic E-state index is -0.0803. The summed E-state index contributed by atoms with van der Waals surface area (Å²) in [5.41, 5.74) is 0. The number of esters is 1. The average Bonchev–Trinajstić information content (AvgIpc) is 3.37. The molecule has 0 aromatic carbocycles. The van der Waals surface area contributed by atoms with Gasteiger partial charge in [-0.1, -0.05) is 386 Å². The van der Waals surface area contributed by atoms with Crippen molar-refractivity contribution in [2.24, 2.45) is 0 Å². The van der Waals surface area contributed by atoms with Crippen molar-refractivity contribution in [3.05, 3.63) is 0 Å². The Balaban J connectivity index is 3.14. The van der Waals surface area contributed by atoms with Crippen LogP contribution in [0.5, 0.6) is 0 Å². The van der Waals surface area contributed by atoms with Crippen LogP contribution >= 0.6 is 0 Å². The summed E-state index contributed by atoms with van der Waals surface area (Å²) in [6.45, 7) is 5.16. The molecule has 3 nitrogen and oxygen atoms in total. The maximum atomic E-state index is 12.1. The van der Waals surface area contributed by atoms with Crippen LogP contribution < -0.4 is 0 Å². The van der Waals surface area contributed by atoms with Crippen molar-refractivity contribution in [3.8, 4) is 0 Å². The van der Waals surface area contributed by atoms with E-state index in [1.165, 1.54) is 366 Å². The van der Waals surface area contributed by atoms with Crippen LogP contribution in [0.4, 0.5) is 0 Å². The van der Waals surface area contributed by atoms with Gasteiger partial charge in [0.1, 0.15) is 0 Å². The van der Waals surface area contributed by atoms with Gasteiger partial charge in [0.15, 0.2) is 0 Å². The van der Waals surface area contributed by atoms with E-state index in [1.54, 1.807) is 0 Å². The zero-order valence-electron chi connectivity index (χ0n) is 49.6. The fourth-order valence-corrected chi connectivity index (χ4v) is 11.2. The third-order valence-electron chi connectivity index (χ3n) is 16.3. The standard InChI is InChI=1S/C68H136O3/c1-3-5-7-9-10-11-12-13-14-15-16-17-18-19-20-21-22-23-24-25-26-27-28-29-30-31-32-33-34-35-36-37-38-39-40-41-42-43-44-45-46-47-48-49-52-55-58-62-66-71-68(70)65-61-57-54-51-50-53-56-60-64-67(69)63-59-8-6-4-2/h67,69H,3-66H2,1-2H3. The number of unbranched alkanes of at least 4 members (excludes halogenated alkanes) is 57. The largest absolute Gasteiger partial charge is 0.466 e. The highest BCUT2D eigenvalue weighted by molar-refractivity contribution is 5.69. The van der Waals surface area contributed by atoms with Gasteiger partial charge in [-0.05, 0) is 25.7 Å². The summed E-state index contributed by atoms with van der Waals surface area (Å²) in [5, 5.41) is 10.1. The van der Waals surface area contributed by atoms with E-state index >= 15 is 0 Å². The SMILES string of the molecule is CCCCCCCCCCCCCCCCCCCCCCCCCCCCCCCCCCCCCCCCCCCCCCCCCCOC(=O)CCCCCCCCCCC(O)CCCCCC. The summed E-state index contributed by atoms with van der Waals surface area (Å²) < 4.78 is 5.49. The van der Waals surface area contributed by atoms with Gasteiger partial charge in [-0.25, -0.2) is 0 Å². The van der Waals surface area contributed by atoms with Gasteiger partial charge < -0.3 is 9.84 Å². The number of hydrogen-bond acceptors (Lipinski definition) is 3. The lowest BCUT2D eigenvalue weighted by atomic mass is 10.0. The van der Waals surface area contributed by atoms with Crippen LogP contribution in [0, 0.1) is 0 Å². The summed E-state index contributed by atoms with van der Waals surface area (Å²) >= 11 is 0. The Morgan fingerprint density at radius 2 is 0.423 bits per heavy atom. The lowest BCUT2D eigenvalue weighted by Crippen LogP contribution is -2.06. The molecule has 0 radical (unpaired) electrons. The molecule has 1 atom stereocenters. The summed E-state index contributed by atoms with van der Waals surface area (Å²) in [6.07, 6.45) is 86.7. The lowest BCUT2D eigenvalue weighted by Gasteiger charge is -2.10. The molecule has 0 aliphatic rings. The molecule has 0 bridgehead atoms. The van der Waals surface area contributed by atoms with Gasteiger partial charge in [-0.2, -0.15) is 0 Å². The van der Waals surface area contributed by atoms with Crippen molar-refractivity contribution >= 4 is 5.97 Å². The van der Waals surface area contributed by atoms with Crippen LogP contribution in [0.15, 0.2) is 0 Å². The Kier molecular flexibility index (Phi) is 65.0. The van der Waals surface area contributed by atoms with Gasteiger partial charge in [-0.3, -0.25) is 4.79 Å². The molecule has 426 valence electrons. The van der Waals surface area contributed by atoms with Gasteiger partial charge in [0.05, 0.1) is 12.7 Å². The molecule has 0 rings (SSSR count). The van der Waals surface area contributed by atoms with Crippen LogP contribution in [-0.2, 0) is 9.53 Å². The summed E-state index contributed by atoms with van der Waals surface area (Å²) in [4.78, 5) is 12.1. The van der Waals surface area contributed by atoms with Crippen molar-refractivity contribution in [1.29, 1.82) is 0 Å². The van der Waals surface area contributed by atoms with E-state index in [4.69, 9.17) is 4.74 Å². The summed E-state index contributed by atoms with van der Waals surface area (Å²) in [7, 11) is 0. The molecule has 0 aliphatic heterocycles. The lowest BCUT2D eigenvalue weighted by molar-refractivity contribution is -0.143. The normalized spacial score (nSPS) is 12.1. The Morgan fingerprint density at radius 1 is 0.254 bits per heavy atom. The predicted octanol–water partition coefficient (Wildman–Crippen LogP) is 24.5. The first-order valence-electron chi connectivity index (χ1n) is 34.0. The molecule has 0 amide bonds. The van der Waals surface area contributed by atoms with Crippen LogP contribution in [0.3, 0.4) is 0 Å². The molecule has 0 aromatic rings. The first kappa shape index (κ1) is 70.4. The fraction of sp³-hybridized carbons (Fsp3) is 0.985. The number of rotatable bonds is 65. The number of hydrogen-bond donors (Lipinski definition) is 1. The molecule has 0 fully saturated rings. The van der Waals surface area contributed by atoms with Gasteiger partial charge in [0.2, 0.25) is 0 Å². The monoisotopic (exact) mass is 1000 g/mol. The Morgan fingerprint density at radius 3 is 0.648 bits per heavy atom. The van der Waals surface area contributed by atoms with E-state index in [1.807, 2.05) is 0 Å². The number of carbonyl (C=O) groups is 1. The second-order valence-corrected chi connectivity index (χ2v) is 23.7. The number of aliphatic hydroxyl groups is 1. The minimum absolute atomic E-state index is 0.00992. The van der Waals surface area contributed by atoms with Gasteiger partial charge in [0.25, 0.3) is 0 Å². The first-order valence-corrected chi connectivity index (χ1v) is 34.0. The van der Waals surface area contributed by atoms with Crippen molar-refractivity contribution < 1.29 is 14.6 Å². The fourth-order valence-electron chi connectivity index (χ4n) is 11.2.